The van der Waals surface area contributed by atoms with Crippen LogP contribution in [-0.2, 0) is 10.0 Å². The Morgan fingerprint density at radius 1 is 0.792 bits per heavy atom. The number of hydrogen-bond donors (Lipinski definition) is 1. The van der Waals surface area contributed by atoms with Crippen molar-refractivity contribution in [1.82, 2.24) is 0 Å². The van der Waals surface area contributed by atoms with Gasteiger partial charge in [0.05, 0.1) is 0 Å². The highest BCUT2D eigenvalue weighted by Gasteiger charge is 2.78. The normalized spacial score (nSPS) is 14.0. The van der Waals surface area contributed by atoms with Crippen molar-refractivity contribution in [2.24, 2.45) is 0 Å². The van der Waals surface area contributed by atoms with Gasteiger partial charge in [-0.2, -0.15) is 39.2 Å². The van der Waals surface area contributed by atoms with Crippen LogP contribution in [0.25, 0.3) is 10.8 Å². The molecule has 132 valence electrons. The van der Waals surface area contributed by atoms with Gasteiger partial charge in [0.1, 0.15) is 0 Å². The molecule has 0 aliphatic rings. The molecule has 0 saturated heterocycles. The Kier molecular flexibility index (Phi) is 4.20. The largest absolute Gasteiger partial charge is 0.461 e. The van der Waals surface area contributed by atoms with E-state index in [1.807, 2.05) is 0 Å². The number of halogens is 7. The molecule has 0 radical (unpaired) electrons. The standard InChI is InChI=1S/C13H8F7NO2S/c14-11(15,12(16,17)18)13(19,20)24(22,23)21-10-6-5-8-3-1-2-4-9(8)7-10/h1-7,21H. The second-order valence-corrected chi connectivity index (χ2v) is 6.48. The molecule has 0 heterocycles. The van der Waals surface area contributed by atoms with E-state index in [1.54, 1.807) is 12.1 Å². The monoisotopic (exact) mass is 375 g/mol. The van der Waals surface area contributed by atoms with Crippen LogP contribution in [0, 0.1) is 0 Å². The summed E-state index contributed by atoms with van der Waals surface area (Å²) < 4.78 is 113. The average Bonchev–Trinajstić information content (AvgIpc) is 2.45. The highest BCUT2D eigenvalue weighted by Crippen LogP contribution is 2.49. The van der Waals surface area contributed by atoms with Gasteiger partial charge >= 0.3 is 27.4 Å². The lowest BCUT2D eigenvalue weighted by atomic mass is 10.1. The van der Waals surface area contributed by atoms with Crippen LogP contribution in [0.3, 0.4) is 0 Å². The molecular weight excluding hydrogens is 367 g/mol. The van der Waals surface area contributed by atoms with Crippen molar-refractivity contribution in [2.75, 3.05) is 4.72 Å². The smallest absolute Gasteiger partial charge is 0.278 e. The predicted molar refractivity (Wildman–Crippen MR) is 72.4 cm³/mol. The van der Waals surface area contributed by atoms with Crippen LogP contribution in [0.4, 0.5) is 36.4 Å². The highest BCUT2D eigenvalue weighted by molar-refractivity contribution is 7.93. The van der Waals surface area contributed by atoms with E-state index in [4.69, 9.17) is 0 Å². The zero-order valence-electron chi connectivity index (χ0n) is 11.4. The number of rotatable bonds is 4. The van der Waals surface area contributed by atoms with Crippen molar-refractivity contribution in [3.05, 3.63) is 42.5 Å². The lowest BCUT2D eigenvalue weighted by molar-refractivity contribution is -0.332. The Bertz CT molecular complexity index is 862. The molecule has 2 aromatic rings. The van der Waals surface area contributed by atoms with Gasteiger partial charge in [0.2, 0.25) is 0 Å². The SMILES string of the molecule is O=S(=O)(Nc1ccc2ccccc2c1)C(F)(F)C(F)(F)C(F)(F)F. The van der Waals surface area contributed by atoms with Crippen LogP contribution in [0.2, 0.25) is 0 Å². The summed E-state index contributed by atoms with van der Waals surface area (Å²) in [5.41, 5.74) is -0.577. The molecule has 0 atom stereocenters. The summed E-state index contributed by atoms with van der Waals surface area (Å²) >= 11 is 0. The third-order valence-electron chi connectivity index (χ3n) is 3.06. The Balaban J connectivity index is 2.42. The number of fused-ring (bicyclic) bond motifs is 1. The summed E-state index contributed by atoms with van der Waals surface area (Å²) in [5, 5.41) is -5.46. The molecule has 11 heteroatoms. The zero-order chi connectivity index (χ0) is 18.4. The fourth-order valence-corrected chi connectivity index (χ4v) is 2.82. The summed E-state index contributed by atoms with van der Waals surface area (Å²) in [4.78, 5) is 0. The fourth-order valence-electron chi connectivity index (χ4n) is 1.81. The zero-order valence-corrected chi connectivity index (χ0v) is 12.2. The van der Waals surface area contributed by atoms with Gasteiger partial charge in [0.15, 0.2) is 0 Å². The molecule has 2 rings (SSSR count). The minimum absolute atomic E-state index is 0.364. The van der Waals surface area contributed by atoms with Crippen LogP contribution in [0.5, 0.6) is 0 Å². The number of anilines is 1. The number of sulfonamides is 1. The first-order chi connectivity index (χ1) is 10.8. The van der Waals surface area contributed by atoms with Crippen molar-refractivity contribution in [1.29, 1.82) is 0 Å². The van der Waals surface area contributed by atoms with Crippen molar-refractivity contribution < 1.29 is 39.2 Å². The molecule has 0 aromatic heterocycles. The van der Waals surface area contributed by atoms with Gasteiger partial charge in [-0.3, -0.25) is 4.72 Å². The molecule has 0 saturated carbocycles. The van der Waals surface area contributed by atoms with Gasteiger partial charge in [-0.25, -0.2) is 0 Å². The molecule has 0 unspecified atom stereocenters. The molecule has 0 aliphatic carbocycles. The van der Waals surface area contributed by atoms with E-state index < -0.39 is 33.1 Å². The summed E-state index contributed by atoms with van der Waals surface area (Å²) in [6.07, 6.45) is -6.74. The Morgan fingerprint density at radius 3 is 1.88 bits per heavy atom. The summed E-state index contributed by atoms with van der Waals surface area (Å²) in [7, 11) is -6.38. The van der Waals surface area contributed by atoms with Crippen LogP contribution < -0.4 is 4.72 Å². The first-order valence-corrected chi connectivity index (χ1v) is 7.61. The molecule has 0 spiro atoms. The first kappa shape index (κ1) is 18.3. The van der Waals surface area contributed by atoms with Crippen molar-refractivity contribution >= 4 is 26.5 Å². The lowest BCUT2D eigenvalue weighted by Crippen LogP contribution is -2.57. The maximum absolute atomic E-state index is 13.4. The Hall–Kier alpha value is -2.04. The first-order valence-electron chi connectivity index (χ1n) is 6.13. The van der Waals surface area contributed by atoms with Gasteiger partial charge < -0.3 is 0 Å². The highest BCUT2D eigenvalue weighted by atomic mass is 32.2. The maximum Gasteiger partial charge on any atom is 0.461 e. The molecule has 24 heavy (non-hydrogen) atoms. The van der Waals surface area contributed by atoms with E-state index in [-0.39, 0.29) is 0 Å². The molecule has 3 nitrogen and oxygen atoms in total. The van der Waals surface area contributed by atoms with Crippen LogP contribution >= 0.6 is 0 Å². The van der Waals surface area contributed by atoms with Crippen LogP contribution in [0.15, 0.2) is 42.5 Å². The van der Waals surface area contributed by atoms with Gasteiger partial charge in [0.25, 0.3) is 0 Å². The topological polar surface area (TPSA) is 46.2 Å². The number of benzene rings is 2. The van der Waals surface area contributed by atoms with Crippen molar-refractivity contribution in [2.45, 2.75) is 17.4 Å². The van der Waals surface area contributed by atoms with E-state index in [0.29, 0.717) is 10.8 Å². The molecule has 0 bridgehead atoms. The Morgan fingerprint density at radius 2 is 1.33 bits per heavy atom. The number of hydrogen-bond acceptors (Lipinski definition) is 2. The molecule has 0 aliphatic heterocycles. The lowest BCUT2D eigenvalue weighted by Gasteiger charge is -2.27. The molecular formula is C13H8F7NO2S. The van der Waals surface area contributed by atoms with Gasteiger partial charge in [-0.15, -0.1) is 0 Å². The summed E-state index contributed by atoms with van der Waals surface area (Å²) in [6, 6.07) is 9.50. The van der Waals surface area contributed by atoms with Crippen molar-refractivity contribution in [3.63, 3.8) is 0 Å². The van der Waals surface area contributed by atoms with Crippen LogP contribution in [0.1, 0.15) is 0 Å². The average molecular weight is 375 g/mol. The van der Waals surface area contributed by atoms with Gasteiger partial charge in [-0.1, -0.05) is 30.3 Å². The van der Waals surface area contributed by atoms with E-state index >= 15 is 0 Å². The summed E-state index contributed by atoms with van der Waals surface area (Å²) in [6.45, 7) is 0. The van der Waals surface area contributed by atoms with E-state index in [0.717, 1.165) is 16.9 Å². The van der Waals surface area contributed by atoms with Crippen molar-refractivity contribution in [3.8, 4) is 0 Å². The number of nitrogens with one attached hydrogen (secondary N) is 1. The summed E-state index contributed by atoms with van der Waals surface area (Å²) in [5.74, 6) is -6.76. The fraction of sp³-hybridized carbons (Fsp3) is 0.231. The quantitative estimate of drug-likeness (QED) is 0.807. The molecule has 0 amide bonds. The molecule has 1 N–H and O–H groups in total. The second kappa shape index (κ2) is 5.50. The number of alkyl halides is 7. The van der Waals surface area contributed by atoms with E-state index in [9.17, 15) is 39.2 Å². The van der Waals surface area contributed by atoms with Crippen LogP contribution in [-0.4, -0.2) is 25.8 Å². The molecule has 2 aromatic carbocycles. The third-order valence-corrected chi connectivity index (χ3v) is 4.50. The van der Waals surface area contributed by atoms with Gasteiger partial charge in [0, 0.05) is 5.69 Å². The predicted octanol–water partition coefficient (Wildman–Crippen LogP) is 4.37. The van der Waals surface area contributed by atoms with E-state index in [1.165, 1.54) is 18.2 Å². The Labute approximate surface area is 131 Å². The maximum atomic E-state index is 13.4. The minimum Gasteiger partial charge on any atom is -0.278 e. The second-order valence-electron chi connectivity index (χ2n) is 4.76. The van der Waals surface area contributed by atoms with E-state index in [2.05, 4.69) is 0 Å². The van der Waals surface area contributed by atoms with Gasteiger partial charge in [-0.05, 0) is 22.9 Å². The minimum atomic E-state index is -6.76. The third kappa shape index (κ3) is 2.87. The molecule has 0 fully saturated rings.